The molecule has 0 spiro atoms. The van der Waals surface area contributed by atoms with Gasteiger partial charge in [-0.3, -0.25) is 0 Å². The lowest BCUT2D eigenvalue weighted by Gasteiger charge is -2.10. The van der Waals surface area contributed by atoms with Crippen molar-refractivity contribution in [2.24, 2.45) is 0 Å². The van der Waals surface area contributed by atoms with Gasteiger partial charge in [0.1, 0.15) is 19.0 Å². The predicted octanol–water partition coefficient (Wildman–Crippen LogP) is 1.97. The molecular weight excluding hydrogens is 264 g/mol. The zero-order valence-corrected chi connectivity index (χ0v) is 11.3. The SMILES string of the molecule is Nc1cc(N)c(-c2ccccc2)c(N)c1.c1ncncn1. The van der Waals surface area contributed by atoms with Crippen molar-refractivity contribution in [3.8, 4) is 11.1 Å². The standard InChI is InChI=1S/C12H13N3.C3H3N3/c13-9-6-10(14)12(11(15)7-9)8-4-2-1-3-5-8;1-4-2-6-3-5-1/h1-7H,13-15H2;1-3H. The predicted molar refractivity (Wildman–Crippen MR) is 84.9 cm³/mol. The highest BCUT2D eigenvalue weighted by Gasteiger charge is 2.07. The lowest BCUT2D eigenvalue weighted by atomic mass is 10.0. The molecule has 3 aromatic rings. The lowest BCUT2D eigenvalue weighted by molar-refractivity contribution is 1.05. The van der Waals surface area contributed by atoms with Crippen LogP contribution in [0.2, 0.25) is 0 Å². The second kappa shape index (κ2) is 6.85. The highest BCUT2D eigenvalue weighted by molar-refractivity contribution is 5.88. The van der Waals surface area contributed by atoms with Crippen molar-refractivity contribution >= 4 is 17.1 Å². The summed E-state index contributed by atoms with van der Waals surface area (Å²) in [6.07, 6.45) is 4.31. The molecule has 6 nitrogen and oxygen atoms in total. The Hall–Kier alpha value is -3.15. The maximum atomic E-state index is 5.89. The molecule has 0 saturated carbocycles. The van der Waals surface area contributed by atoms with Crippen LogP contribution in [-0.2, 0) is 0 Å². The van der Waals surface area contributed by atoms with Crippen molar-refractivity contribution in [2.45, 2.75) is 0 Å². The topological polar surface area (TPSA) is 117 Å². The molecule has 21 heavy (non-hydrogen) atoms. The fourth-order valence-corrected chi connectivity index (χ4v) is 1.85. The molecule has 0 radical (unpaired) electrons. The van der Waals surface area contributed by atoms with E-state index in [0.717, 1.165) is 11.1 Å². The number of aromatic nitrogens is 3. The van der Waals surface area contributed by atoms with Crippen LogP contribution in [0.3, 0.4) is 0 Å². The van der Waals surface area contributed by atoms with Crippen molar-refractivity contribution in [3.05, 3.63) is 61.4 Å². The van der Waals surface area contributed by atoms with Gasteiger partial charge in [-0.1, -0.05) is 30.3 Å². The Morgan fingerprint density at radius 2 is 1.14 bits per heavy atom. The normalized spacial score (nSPS) is 9.52. The molecule has 0 aliphatic heterocycles. The fourth-order valence-electron chi connectivity index (χ4n) is 1.85. The molecule has 3 rings (SSSR count). The van der Waals surface area contributed by atoms with E-state index >= 15 is 0 Å². The van der Waals surface area contributed by atoms with Gasteiger partial charge in [-0.25, -0.2) is 15.0 Å². The number of rotatable bonds is 1. The van der Waals surface area contributed by atoms with Crippen molar-refractivity contribution < 1.29 is 0 Å². The van der Waals surface area contributed by atoms with E-state index in [1.54, 1.807) is 12.1 Å². The molecule has 0 saturated heterocycles. The molecule has 0 bridgehead atoms. The van der Waals surface area contributed by atoms with Crippen LogP contribution in [0.1, 0.15) is 0 Å². The van der Waals surface area contributed by atoms with Gasteiger partial charge in [-0.15, -0.1) is 0 Å². The van der Waals surface area contributed by atoms with E-state index < -0.39 is 0 Å². The summed E-state index contributed by atoms with van der Waals surface area (Å²) in [7, 11) is 0. The number of benzene rings is 2. The molecular formula is C15H16N6. The second-order valence-electron chi connectivity index (χ2n) is 4.23. The molecule has 6 heteroatoms. The molecule has 0 aliphatic carbocycles. The van der Waals surface area contributed by atoms with E-state index in [-0.39, 0.29) is 0 Å². The minimum absolute atomic E-state index is 0.588. The summed E-state index contributed by atoms with van der Waals surface area (Å²) < 4.78 is 0. The van der Waals surface area contributed by atoms with Gasteiger partial charge in [0.15, 0.2) is 0 Å². The first-order valence-electron chi connectivity index (χ1n) is 6.23. The van der Waals surface area contributed by atoms with Gasteiger partial charge < -0.3 is 17.2 Å². The van der Waals surface area contributed by atoms with Gasteiger partial charge in [0, 0.05) is 22.6 Å². The highest BCUT2D eigenvalue weighted by Crippen LogP contribution is 2.33. The van der Waals surface area contributed by atoms with Crippen molar-refractivity contribution in [2.75, 3.05) is 17.2 Å². The molecule has 0 amide bonds. The number of nitrogens with two attached hydrogens (primary N) is 3. The third-order valence-electron chi connectivity index (χ3n) is 2.68. The van der Waals surface area contributed by atoms with E-state index in [0.29, 0.717) is 17.1 Å². The molecule has 0 unspecified atom stereocenters. The van der Waals surface area contributed by atoms with Crippen molar-refractivity contribution in [1.29, 1.82) is 0 Å². The molecule has 0 aliphatic rings. The van der Waals surface area contributed by atoms with Gasteiger partial charge in [0.2, 0.25) is 0 Å². The highest BCUT2D eigenvalue weighted by atomic mass is 14.9. The van der Waals surface area contributed by atoms with E-state index in [4.69, 9.17) is 17.2 Å². The van der Waals surface area contributed by atoms with Gasteiger partial charge >= 0.3 is 0 Å². The average molecular weight is 280 g/mol. The Balaban J connectivity index is 0.000000225. The summed E-state index contributed by atoms with van der Waals surface area (Å²) >= 11 is 0. The zero-order valence-electron chi connectivity index (χ0n) is 11.3. The van der Waals surface area contributed by atoms with Crippen LogP contribution in [-0.4, -0.2) is 15.0 Å². The Kier molecular flexibility index (Phi) is 4.66. The Morgan fingerprint density at radius 1 is 0.667 bits per heavy atom. The minimum atomic E-state index is 0.588. The summed E-state index contributed by atoms with van der Waals surface area (Å²) in [6, 6.07) is 13.2. The lowest BCUT2D eigenvalue weighted by Crippen LogP contribution is -1.98. The molecule has 1 heterocycles. The minimum Gasteiger partial charge on any atom is -0.399 e. The van der Waals surface area contributed by atoms with Crippen LogP contribution in [0.15, 0.2) is 61.4 Å². The fraction of sp³-hybridized carbons (Fsp3) is 0. The van der Waals surface area contributed by atoms with Gasteiger partial charge in [-0.05, 0) is 17.7 Å². The van der Waals surface area contributed by atoms with Crippen LogP contribution < -0.4 is 17.2 Å². The number of hydrogen-bond acceptors (Lipinski definition) is 6. The van der Waals surface area contributed by atoms with Gasteiger partial charge in [-0.2, -0.15) is 0 Å². The van der Waals surface area contributed by atoms with E-state index in [9.17, 15) is 0 Å². The van der Waals surface area contributed by atoms with Crippen LogP contribution >= 0.6 is 0 Å². The largest absolute Gasteiger partial charge is 0.399 e. The summed E-state index contributed by atoms with van der Waals surface area (Å²) in [6.45, 7) is 0. The quantitative estimate of drug-likeness (QED) is 0.587. The zero-order chi connectivity index (χ0) is 15.1. The van der Waals surface area contributed by atoms with Crippen molar-refractivity contribution in [3.63, 3.8) is 0 Å². The van der Waals surface area contributed by atoms with E-state index in [1.807, 2.05) is 30.3 Å². The molecule has 2 aromatic carbocycles. The molecule has 0 atom stereocenters. The summed E-state index contributed by atoms with van der Waals surface area (Å²) in [5, 5.41) is 0. The molecule has 1 aromatic heterocycles. The molecule has 106 valence electrons. The number of nitrogens with zero attached hydrogens (tertiary/aromatic N) is 3. The first-order chi connectivity index (χ1) is 10.2. The first kappa shape index (κ1) is 14.3. The number of nitrogen functional groups attached to an aromatic ring is 3. The number of anilines is 3. The van der Waals surface area contributed by atoms with E-state index in [2.05, 4.69) is 15.0 Å². The second-order valence-corrected chi connectivity index (χ2v) is 4.23. The van der Waals surface area contributed by atoms with Crippen LogP contribution in [0, 0.1) is 0 Å². The van der Waals surface area contributed by atoms with Crippen LogP contribution in [0.5, 0.6) is 0 Å². The Bertz CT molecular complexity index is 635. The first-order valence-corrected chi connectivity index (χ1v) is 6.23. The maximum Gasteiger partial charge on any atom is 0.119 e. The Morgan fingerprint density at radius 3 is 1.57 bits per heavy atom. The van der Waals surface area contributed by atoms with Crippen LogP contribution in [0.4, 0.5) is 17.1 Å². The number of hydrogen-bond donors (Lipinski definition) is 3. The molecule has 0 fully saturated rings. The van der Waals surface area contributed by atoms with Gasteiger partial charge in [0.25, 0.3) is 0 Å². The van der Waals surface area contributed by atoms with Crippen molar-refractivity contribution in [1.82, 2.24) is 15.0 Å². The van der Waals surface area contributed by atoms with E-state index in [1.165, 1.54) is 19.0 Å². The summed E-state index contributed by atoms with van der Waals surface area (Å²) in [5.41, 5.74) is 21.1. The van der Waals surface area contributed by atoms with Crippen LogP contribution in [0.25, 0.3) is 11.1 Å². The molecule has 6 N–H and O–H groups in total. The summed E-state index contributed by atoms with van der Waals surface area (Å²) in [5.74, 6) is 0. The maximum absolute atomic E-state index is 5.89. The monoisotopic (exact) mass is 280 g/mol. The third-order valence-corrected chi connectivity index (χ3v) is 2.68. The third kappa shape index (κ3) is 3.90. The average Bonchev–Trinajstić information content (AvgIpc) is 2.50. The smallest absolute Gasteiger partial charge is 0.119 e. The van der Waals surface area contributed by atoms with Gasteiger partial charge in [0.05, 0.1) is 0 Å². The summed E-state index contributed by atoms with van der Waals surface area (Å²) in [4.78, 5) is 10.7. The Labute approximate surface area is 122 Å².